The number of aromatic nitrogens is 1. The second-order valence-electron chi connectivity index (χ2n) is 9.07. The standard InChI is InChI=1S/C25H33N5O5S/c1-2-34-17-11-9-15(10-12-17)21(24(32)28-14-18-8-5-13-35-18)30(16-6-3-4-7-16)25(33)22-19(26)20(23(27)31)29-36-22/h9-12,16,18,21H,2-8,13-14,26H2,1H3,(H2,27,31)(H,28,32). The Morgan fingerprint density at radius 2 is 1.92 bits per heavy atom. The molecule has 1 aromatic heterocycles. The molecule has 1 saturated heterocycles. The van der Waals surface area contributed by atoms with Gasteiger partial charge in [0.2, 0.25) is 5.91 Å². The maximum Gasteiger partial charge on any atom is 0.270 e. The molecule has 36 heavy (non-hydrogen) atoms. The average molecular weight is 516 g/mol. The van der Waals surface area contributed by atoms with Crippen LogP contribution >= 0.6 is 11.5 Å². The molecule has 2 atom stereocenters. The van der Waals surface area contributed by atoms with Gasteiger partial charge < -0.3 is 31.2 Å². The molecule has 2 fully saturated rings. The van der Waals surface area contributed by atoms with Gasteiger partial charge in [-0.25, -0.2) is 0 Å². The molecular formula is C25H33N5O5S. The first-order valence-electron chi connectivity index (χ1n) is 12.4. The molecule has 1 saturated carbocycles. The molecule has 1 aliphatic carbocycles. The molecule has 0 radical (unpaired) electrons. The molecule has 11 heteroatoms. The number of ether oxygens (including phenoxy) is 2. The van der Waals surface area contributed by atoms with Crippen LogP contribution in [0.5, 0.6) is 5.75 Å². The van der Waals surface area contributed by atoms with Gasteiger partial charge in [0, 0.05) is 19.2 Å². The Kier molecular flexibility index (Phi) is 8.42. The lowest BCUT2D eigenvalue weighted by Gasteiger charge is -2.36. The third-order valence-corrected chi connectivity index (χ3v) is 7.52. The Morgan fingerprint density at radius 3 is 2.50 bits per heavy atom. The van der Waals surface area contributed by atoms with E-state index in [-0.39, 0.29) is 34.3 Å². The number of primary amides is 1. The van der Waals surface area contributed by atoms with E-state index in [0.29, 0.717) is 31.1 Å². The van der Waals surface area contributed by atoms with Crippen LogP contribution in [0.4, 0.5) is 5.69 Å². The molecule has 2 aliphatic rings. The van der Waals surface area contributed by atoms with E-state index < -0.39 is 17.9 Å². The van der Waals surface area contributed by atoms with Crippen molar-refractivity contribution >= 4 is 34.9 Å². The summed E-state index contributed by atoms with van der Waals surface area (Å²) < 4.78 is 15.2. The number of hydrogen-bond acceptors (Lipinski definition) is 8. The van der Waals surface area contributed by atoms with Crippen LogP contribution in [-0.2, 0) is 9.53 Å². The second-order valence-corrected chi connectivity index (χ2v) is 9.85. The Balaban J connectivity index is 1.71. The first kappa shape index (κ1) is 25.9. The summed E-state index contributed by atoms with van der Waals surface area (Å²) >= 11 is 0.828. The molecule has 3 amide bonds. The van der Waals surface area contributed by atoms with Gasteiger partial charge in [-0.1, -0.05) is 25.0 Å². The molecule has 2 aromatic rings. The highest BCUT2D eigenvalue weighted by Gasteiger charge is 2.40. The topological polar surface area (TPSA) is 150 Å². The van der Waals surface area contributed by atoms with E-state index in [1.165, 1.54) is 0 Å². The van der Waals surface area contributed by atoms with Crippen molar-refractivity contribution in [2.75, 3.05) is 25.5 Å². The maximum atomic E-state index is 14.0. The molecule has 194 valence electrons. The molecule has 1 aliphatic heterocycles. The average Bonchev–Trinajstić information content (AvgIpc) is 3.64. The van der Waals surface area contributed by atoms with Crippen LogP contribution in [0.2, 0.25) is 0 Å². The monoisotopic (exact) mass is 515 g/mol. The van der Waals surface area contributed by atoms with Crippen molar-refractivity contribution in [1.29, 1.82) is 0 Å². The number of hydrogen-bond donors (Lipinski definition) is 3. The minimum atomic E-state index is -0.906. The summed E-state index contributed by atoms with van der Waals surface area (Å²) in [4.78, 5) is 41.1. The first-order chi connectivity index (χ1) is 17.4. The summed E-state index contributed by atoms with van der Waals surface area (Å²) in [5.74, 6) is -0.854. The number of nitrogens with zero attached hydrogens (tertiary/aromatic N) is 2. The van der Waals surface area contributed by atoms with Crippen molar-refractivity contribution in [3.8, 4) is 5.75 Å². The molecule has 4 rings (SSSR count). The predicted molar refractivity (Wildman–Crippen MR) is 136 cm³/mol. The van der Waals surface area contributed by atoms with Gasteiger partial charge in [0.1, 0.15) is 16.7 Å². The number of amides is 3. The highest BCUT2D eigenvalue weighted by Crippen LogP contribution is 2.36. The van der Waals surface area contributed by atoms with Gasteiger partial charge in [-0.15, -0.1) is 0 Å². The van der Waals surface area contributed by atoms with Gasteiger partial charge in [-0.3, -0.25) is 14.4 Å². The lowest BCUT2D eigenvalue weighted by Crippen LogP contribution is -2.49. The minimum absolute atomic E-state index is 0.0409. The van der Waals surface area contributed by atoms with Crippen LogP contribution in [0.1, 0.15) is 77.2 Å². The number of nitrogens with one attached hydrogen (secondary N) is 1. The van der Waals surface area contributed by atoms with E-state index in [1.54, 1.807) is 29.2 Å². The Hall–Kier alpha value is -3.18. The van der Waals surface area contributed by atoms with Gasteiger partial charge in [0.15, 0.2) is 5.69 Å². The van der Waals surface area contributed by atoms with Crippen molar-refractivity contribution in [3.05, 3.63) is 40.4 Å². The summed E-state index contributed by atoms with van der Waals surface area (Å²) in [5.41, 5.74) is 12.0. The van der Waals surface area contributed by atoms with Gasteiger partial charge in [-0.05, 0) is 61.8 Å². The molecule has 0 spiro atoms. The first-order valence-corrected chi connectivity index (χ1v) is 13.2. The molecule has 5 N–H and O–H groups in total. The van der Waals surface area contributed by atoms with E-state index in [1.807, 2.05) is 6.92 Å². The van der Waals surface area contributed by atoms with Crippen LogP contribution < -0.4 is 21.5 Å². The van der Waals surface area contributed by atoms with Crippen molar-refractivity contribution in [3.63, 3.8) is 0 Å². The summed E-state index contributed by atoms with van der Waals surface area (Å²) in [6.07, 6.45) is 5.23. The zero-order valence-electron chi connectivity index (χ0n) is 20.4. The normalized spacial score (nSPS) is 18.6. The maximum absolute atomic E-state index is 14.0. The van der Waals surface area contributed by atoms with Crippen molar-refractivity contribution in [2.45, 2.75) is 63.6 Å². The minimum Gasteiger partial charge on any atom is -0.494 e. The van der Waals surface area contributed by atoms with Crippen LogP contribution in [0.15, 0.2) is 24.3 Å². The fraction of sp³-hybridized carbons (Fsp3) is 0.520. The summed E-state index contributed by atoms with van der Waals surface area (Å²) in [7, 11) is 0. The lowest BCUT2D eigenvalue weighted by molar-refractivity contribution is -0.127. The van der Waals surface area contributed by atoms with E-state index in [0.717, 1.165) is 50.1 Å². The second kappa shape index (κ2) is 11.7. The molecule has 2 heterocycles. The third kappa shape index (κ3) is 5.62. The van der Waals surface area contributed by atoms with Gasteiger partial charge >= 0.3 is 0 Å². The van der Waals surface area contributed by atoms with Crippen molar-refractivity contribution in [2.24, 2.45) is 5.73 Å². The van der Waals surface area contributed by atoms with Crippen molar-refractivity contribution < 1.29 is 23.9 Å². The van der Waals surface area contributed by atoms with Gasteiger partial charge in [-0.2, -0.15) is 4.37 Å². The number of benzene rings is 1. The molecule has 1 aromatic carbocycles. The lowest BCUT2D eigenvalue weighted by atomic mass is 10.00. The van der Waals surface area contributed by atoms with Crippen LogP contribution in [0, 0.1) is 0 Å². The van der Waals surface area contributed by atoms with E-state index in [2.05, 4.69) is 9.69 Å². The number of carbonyl (C=O) groups excluding carboxylic acids is 3. The number of rotatable bonds is 10. The van der Waals surface area contributed by atoms with Crippen LogP contribution in [0.25, 0.3) is 0 Å². The number of nitrogen functional groups attached to an aromatic ring is 1. The van der Waals surface area contributed by atoms with Crippen LogP contribution in [-0.4, -0.2) is 58.9 Å². The molecular weight excluding hydrogens is 482 g/mol. The summed E-state index contributed by atoms with van der Waals surface area (Å²) in [5, 5.41) is 3.00. The van der Waals surface area contributed by atoms with Crippen molar-refractivity contribution in [1.82, 2.24) is 14.6 Å². The Labute approximate surface area is 214 Å². The molecule has 0 bridgehead atoms. The van der Waals surface area contributed by atoms with Crippen LogP contribution in [0.3, 0.4) is 0 Å². The highest BCUT2D eigenvalue weighted by molar-refractivity contribution is 7.09. The fourth-order valence-corrected chi connectivity index (χ4v) is 5.64. The van der Waals surface area contributed by atoms with Gasteiger partial charge in [0.05, 0.1) is 18.4 Å². The number of anilines is 1. The highest BCUT2D eigenvalue weighted by atomic mass is 32.1. The zero-order valence-corrected chi connectivity index (χ0v) is 21.2. The Morgan fingerprint density at radius 1 is 1.19 bits per heavy atom. The number of nitrogens with two attached hydrogens (primary N) is 2. The van der Waals surface area contributed by atoms with E-state index in [4.69, 9.17) is 20.9 Å². The smallest absolute Gasteiger partial charge is 0.270 e. The third-order valence-electron chi connectivity index (χ3n) is 6.67. The molecule has 10 nitrogen and oxygen atoms in total. The Bertz CT molecular complexity index is 1080. The summed E-state index contributed by atoms with van der Waals surface area (Å²) in [6.45, 7) is 3.47. The molecule has 2 unspecified atom stereocenters. The van der Waals surface area contributed by atoms with E-state index in [9.17, 15) is 14.4 Å². The largest absolute Gasteiger partial charge is 0.494 e. The van der Waals surface area contributed by atoms with Gasteiger partial charge in [0.25, 0.3) is 11.8 Å². The zero-order chi connectivity index (χ0) is 25.7. The quantitative estimate of drug-likeness (QED) is 0.440. The number of carbonyl (C=O) groups is 3. The SMILES string of the molecule is CCOc1ccc(C(C(=O)NCC2CCCO2)N(C(=O)c2snc(C(N)=O)c2N)C2CCCC2)cc1. The fourth-order valence-electron chi connectivity index (χ4n) is 4.89. The predicted octanol–water partition coefficient (Wildman–Crippen LogP) is 2.64. The van der Waals surface area contributed by atoms with E-state index >= 15 is 0 Å². The summed E-state index contributed by atoms with van der Waals surface area (Å²) in [6, 6.07) is 6.13.